The topological polar surface area (TPSA) is 75.9 Å². The first-order valence-electron chi connectivity index (χ1n) is 13.1. The number of fused-ring (bicyclic) bond motifs is 1. The van der Waals surface area contributed by atoms with Crippen molar-refractivity contribution >= 4 is 22.8 Å². The molecular formula is C26H40N6O. The van der Waals surface area contributed by atoms with Gasteiger partial charge in [-0.3, -0.25) is 9.69 Å². The van der Waals surface area contributed by atoms with Crippen molar-refractivity contribution in [1.29, 1.82) is 0 Å². The molecule has 1 N–H and O–H groups in total. The first kappa shape index (κ1) is 22.8. The molecule has 7 heteroatoms. The second kappa shape index (κ2) is 8.97. The van der Waals surface area contributed by atoms with Crippen LogP contribution in [0, 0.1) is 23.2 Å². The normalized spacial score (nSPS) is 28.5. The van der Waals surface area contributed by atoms with Crippen LogP contribution in [0.4, 0.5) is 5.82 Å². The minimum absolute atomic E-state index is 0.178. The van der Waals surface area contributed by atoms with E-state index in [9.17, 15) is 4.79 Å². The minimum atomic E-state index is -0.180. The molecule has 4 fully saturated rings. The van der Waals surface area contributed by atoms with Crippen LogP contribution in [0.15, 0.2) is 12.5 Å². The lowest BCUT2D eigenvalue weighted by molar-refractivity contribution is -0.140. The van der Waals surface area contributed by atoms with E-state index in [1.807, 2.05) is 10.9 Å². The Morgan fingerprint density at radius 1 is 1.06 bits per heavy atom. The van der Waals surface area contributed by atoms with E-state index < -0.39 is 0 Å². The largest absolute Gasteiger partial charge is 0.309 e. The third-order valence-electron chi connectivity index (χ3n) is 8.55. The van der Waals surface area contributed by atoms with Gasteiger partial charge in [-0.05, 0) is 103 Å². The number of anilines is 1. The van der Waals surface area contributed by atoms with Gasteiger partial charge in [-0.25, -0.2) is 14.6 Å². The fraction of sp³-hybridized carbons (Fsp3) is 0.769. The molecule has 2 aromatic rings. The highest BCUT2D eigenvalue weighted by atomic mass is 16.2. The fourth-order valence-corrected chi connectivity index (χ4v) is 7.45. The molecule has 2 aromatic heterocycles. The van der Waals surface area contributed by atoms with E-state index in [0.717, 1.165) is 74.0 Å². The summed E-state index contributed by atoms with van der Waals surface area (Å²) in [7, 11) is 0. The van der Waals surface area contributed by atoms with Gasteiger partial charge in [0.1, 0.15) is 12.1 Å². The maximum Gasteiger partial charge on any atom is 0.231 e. The molecule has 7 nitrogen and oxygen atoms in total. The summed E-state index contributed by atoms with van der Waals surface area (Å²) in [6, 6.07) is 1.12. The van der Waals surface area contributed by atoms with E-state index >= 15 is 0 Å². The highest BCUT2D eigenvalue weighted by molar-refractivity contribution is 6.01. The van der Waals surface area contributed by atoms with Crippen LogP contribution < -0.4 is 5.32 Å². The number of carbonyl (C=O) groups is 1. The van der Waals surface area contributed by atoms with Gasteiger partial charge in [0.2, 0.25) is 5.91 Å². The Balaban J connectivity index is 1.24. The van der Waals surface area contributed by atoms with Gasteiger partial charge in [0.15, 0.2) is 5.65 Å². The van der Waals surface area contributed by atoms with Crippen molar-refractivity contribution < 1.29 is 4.79 Å². The number of aryl methyl sites for hydroxylation is 1. The number of unbranched alkanes of at least 4 members (excludes halogenated alkanes) is 1. The molecule has 0 unspecified atom stereocenters. The van der Waals surface area contributed by atoms with Crippen molar-refractivity contribution in [2.45, 2.75) is 97.7 Å². The van der Waals surface area contributed by atoms with Crippen LogP contribution in [0.3, 0.4) is 0 Å². The van der Waals surface area contributed by atoms with Crippen molar-refractivity contribution in [2.24, 2.45) is 23.2 Å². The van der Waals surface area contributed by atoms with Gasteiger partial charge >= 0.3 is 0 Å². The number of amides is 1. The smallest absolute Gasteiger partial charge is 0.231 e. The zero-order valence-electron chi connectivity index (χ0n) is 20.8. The zero-order valence-corrected chi connectivity index (χ0v) is 20.8. The summed E-state index contributed by atoms with van der Waals surface area (Å²) in [6.45, 7) is 11.0. The highest BCUT2D eigenvalue weighted by Crippen LogP contribution is 2.60. The maximum absolute atomic E-state index is 13.5. The van der Waals surface area contributed by atoms with Gasteiger partial charge < -0.3 is 5.32 Å². The Labute approximate surface area is 197 Å². The van der Waals surface area contributed by atoms with E-state index in [1.165, 1.54) is 19.3 Å². The molecule has 4 aliphatic rings. The quantitative estimate of drug-likeness (QED) is 0.549. The molecule has 0 radical (unpaired) electrons. The number of carbonyl (C=O) groups excluding carboxylic acids is 1. The monoisotopic (exact) mass is 452 g/mol. The summed E-state index contributed by atoms with van der Waals surface area (Å²) < 4.78 is 1.96. The standard InChI is InChI=1S/C26H40N6O/c1-17(2)31(18(3)4)7-5-6-8-32-24-22(15-29-32)23(27-16-28-24)30-25(33)26-12-19-9-20(13-26)11-21(10-19)14-26/h15-21H,5-14H2,1-4H3,(H,27,28,30,33). The van der Waals surface area contributed by atoms with E-state index in [4.69, 9.17) is 0 Å². The molecule has 0 saturated heterocycles. The maximum atomic E-state index is 13.5. The molecule has 4 saturated carbocycles. The van der Waals surface area contributed by atoms with Crippen LogP contribution in [0.2, 0.25) is 0 Å². The molecule has 0 atom stereocenters. The van der Waals surface area contributed by atoms with Gasteiger partial charge in [-0.1, -0.05) is 0 Å². The predicted octanol–water partition coefficient (Wildman–Crippen LogP) is 4.88. The molecule has 0 aromatic carbocycles. The van der Waals surface area contributed by atoms with Crippen LogP contribution >= 0.6 is 0 Å². The Morgan fingerprint density at radius 2 is 1.70 bits per heavy atom. The SMILES string of the molecule is CC(C)N(CCCCn1ncc2c(NC(=O)C34CC5CC(CC(C5)C3)C4)ncnc21)C(C)C. The number of nitrogens with zero attached hydrogens (tertiary/aromatic N) is 5. The summed E-state index contributed by atoms with van der Waals surface area (Å²) in [6.07, 6.45) is 12.7. The third kappa shape index (κ3) is 4.41. The Hall–Kier alpha value is -2.02. The summed E-state index contributed by atoms with van der Waals surface area (Å²) in [4.78, 5) is 25.0. The Bertz CT molecular complexity index is 953. The van der Waals surface area contributed by atoms with E-state index in [2.05, 4.69) is 53.0 Å². The first-order chi connectivity index (χ1) is 15.8. The van der Waals surface area contributed by atoms with Gasteiger partial charge in [0, 0.05) is 18.6 Å². The van der Waals surface area contributed by atoms with Crippen molar-refractivity contribution in [3.8, 4) is 0 Å². The van der Waals surface area contributed by atoms with Gasteiger partial charge in [-0.2, -0.15) is 5.10 Å². The first-order valence-corrected chi connectivity index (χ1v) is 13.1. The molecule has 0 aliphatic heterocycles. The predicted molar refractivity (Wildman–Crippen MR) is 131 cm³/mol. The average Bonchev–Trinajstić information content (AvgIpc) is 3.16. The second-order valence-corrected chi connectivity index (χ2v) is 11.6. The van der Waals surface area contributed by atoms with Crippen LogP contribution in [-0.4, -0.2) is 49.2 Å². The molecule has 0 spiro atoms. The summed E-state index contributed by atoms with van der Waals surface area (Å²) >= 11 is 0. The van der Waals surface area contributed by atoms with Gasteiger partial charge in [0.25, 0.3) is 0 Å². The van der Waals surface area contributed by atoms with Crippen LogP contribution in [0.1, 0.15) is 79.1 Å². The van der Waals surface area contributed by atoms with Gasteiger partial charge in [0.05, 0.1) is 17.0 Å². The number of hydrogen-bond acceptors (Lipinski definition) is 5. The average molecular weight is 453 g/mol. The van der Waals surface area contributed by atoms with Crippen LogP contribution in [0.25, 0.3) is 11.0 Å². The van der Waals surface area contributed by atoms with Crippen molar-refractivity contribution in [1.82, 2.24) is 24.6 Å². The highest BCUT2D eigenvalue weighted by Gasteiger charge is 2.54. The van der Waals surface area contributed by atoms with E-state index in [-0.39, 0.29) is 11.3 Å². The third-order valence-corrected chi connectivity index (χ3v) is 8.55. The number of aromatic nitrogens is 4. The van der Waals surface area contributed by atoms with Gasteiger partial charge in [-0.15, -0.1) is 0 Å². The molecular weight excluding hydrogens is 412 g/mol. The fourth-order valence-electron chi connectivity index (χ4n) is 7.45. The summed E-state index contributed by atoms with van der Waals surface area (Å²) in [5, 5.41) is 8.65. The van der Waals surface area contributed by atoms with Crippen molar-refractivity contribution in [3.63, 3.8) is 0 Å². The summed E-state index contributed by atoms with van der Waals surface area (Å²) in [5.41, 5.74) is 0.635. The zero-order chi connectivity index (χ0) is 23.2. The lowest BCUT2D eigenvalue weighted by Crippen LogP contribution is -2.51. The van der Waals surface area contributed by atoms with Crippen LogP contribution in [0.5, 0.6) is 0 Å². The molecule has 2 heterocycles. The molecule has 4 aliphatic carbocycles. The van der Waals surface area contributed by atoms with Crippen molar-refractivity contribution in [2.75, 3.05) is 11.9 Å². The summed E-state index contributed by atoms with van der Waals surface area (Å²) in [5.74, 6) is 3.04. The van der Waals surface area contributed by atoms with E-state index in [0.29, 0.717) is 17.9 Å². The Morgan fingerprint density at radius 3 is 2.30 bits per heavy atom. The number of rotatable bonds is 9. The number of hydrogen-bond donors (Lipinski definition) is 1. The molecule has 4 bridgehead atoms. The molecule has 33 heavy (non-hydrogen) atoms. The van der Waals surface area contributed by atoms with E-state index in [1.54, 1.807) is 6.33 Å². The molecule has 6 rings (SSSR count). The molecule has 1 amide bonds. The lowest BCUT2D eigenvalue weighted by atomic mass is 9.49. The second-order valence-electron chi connectivity index (χ2n) is 11.6. The minimum Gasteiger partial charge on any atom is -0.309 e. The molecule has 180 valence electrons. The Kier molecular flexibility index (Phi) is 6.19. The van der Waals surface area contributed by atoms with Crippen LogP contribution in [-0.2, 0) is 11.3 Å². The van der Waals surface area contributed by atoms with Crippen molar-refractivity contribution in [3.05, 3.63) is 12.5 Å². The number of nitrogens with one attached hydrogen (secondary N) is 1. The lowest BCUT2D eigenvalue weighted by Gasteiger charge is -2.55.